The van der Waals surface area contributed by atoms with Crippen molar-refractivity contribution in [2.24, 2.45) is 56.8 Å². The number of benzene rings is 2. The molecule has 0 bridgehead atoms. The number of carbonyl (C=O) groups excluding carboxylic acids is 9. The van der Waals surface area contributed by atoms with E-state index in [1.807, 2.05) is 13.8 Å². The van der Waals surface area contributed by atoms with Crippen LogP contribution in [0.25, 0.3) is 0 Å². The fraction of sp³-hybridized carbons (Fsp3) is 0.614. The molecule has 25 N–H and O–H groups in total. The Morgan fingerprint density at radius 3 is 1.07 bits per heavy atom. The predicted octanol–water partition coefficient (Wildman–Crippen LogP) is -3.23. The summed E-state index contributed by atoms with van der Waals surface area (Å²) in [5.74, 6) is -7.29. The van der Waals surface area contributed by atoms with Gasteiger partial charge < -0.3 is 93.5 Å². The van der Waals surface area contributed by atoms with Crippen molar-refractivity contribution in [1.82, 2.24) is 42.5 Å². The van der Waals surface area contributed by atoms with Gasteiger partial charge in [0.15, 0.2) is 5.96 Å². The monoisotopic (exact) mass is 1180 g/mol. The smallest absolute Gasteiger partial charge is 0.243 e. The molecule has 2 aromatic rings. The van der Waals surface area contributed by atoms with Crippen molar-refractivity contribution in [3.63, 3.8) is 0 Å². The van der Waals surface area contributed by atoms with Crippen LogP contribution in [0.4, 0.5) is 0 Å². The van der Waals surface area contributed by atoms with Gasteiger partial charge in [-0.3, -0.25) is 48.1 Å². The standard InChI is InChI=1S/C57H97N17O10/c1-36(2)32-44(54(82)69-40(23-10-14-28-59)50(78)68-42(25-12-16-30-61)53(81)74-47(35-75)48(63)76)72-52(80)41(24-11-15-29-60)67-51(79)43(26-17-31-66-57(64)65)70-55(83)46(34-38-20-7-4-8-21-38)73-56(84)45(33-37-18-5-3-6-19-37)71-49(77)39(62)22-9-13-27-58/h3-8,18-21,36,39-47,75H,9-17,22-35,58-62H2,1-2H3,(H2,63,76)(H,67,79)(H,68,78)(H,69,82)(H,70,83)(H,71,77)(H,72,80)(H,73,84)(H,74,81)(H4,64,65,66)/t39-,40-,41-,42-,43-,44-,45-,46-,47-/m0/s1. The van der Waals surface area contributed by atoms with Gasteiger partial charge in [0.25, 0.3) is 0 Å². The Bertz CT molecular complexity index is 2350. The first-order valence-electron chi connectivity index (χ1n) is 29.2. The molecular weight excluding hydrogens is 1080 g/mol. The van der Waals surface area contributed by atoms with Crippen LogP contribution in [0, 0.1) is 5.92 Å². The second kappa shape index (κ2) is 41.7. The molecule has 0 saturated carbocycles. The molecule has 2 aromatic carbocycles. The summed E-state index contributed by atoms with van der Waals surface area (Å²) < 4.78 is 0. The first-order chi connectivity index (χ1) is 40.2. The minimum atomic E-state index is -1.43. The third kappa shape index (κ3) is 29.3. The van der Waals surface area contributed by atoms with Gasteiger partial charge in [0, 0.05) is 19.4 Å². The normalized spacial score (nSPS) is 14.3. The van der Waals surface area contributed by atoms with Gasteiger partial charge in [-0.15, -0.1) is 0 Å². The van der Waals surface area contributed by atoms with Gasteiger partial charge in [-0.2, -0.15) is 0 Å². The lowest BCUT2D eigenvalue weighted by Gasteiger charge is -2.29. The van der Waals surface area contributed by atoms with Crippen LogP contribution in [0.15, 0.2) is 65.7 Å². The molecule has 27 nitrogen and oxygen atoms in total. The molecule has 0 aliphatic heterocycles. The van der Waals surface area contributed by atoms with Gasteiger partial charge in [-0.1, -0.05) is 80.9 Å². The van der Waals surface area contributed by atoms with Crippen molar-refractivity contribution in [2.45, 2.75) is 177 Å². The third-order valence-electron chi connectivity index (χ3n) is 13.6. The van der Waals surface area contributed by atoms with Crippen molar-refractivity contribution in [2.75, 3.05) is 39.3 Å². The number of carbonyl (C=O) groups is 9. The van der Waals surface area contributed by atoms with E-state index in [-0.39, 0.29) is 82.9 Å². The molecule has 0 unspecified atom stereocenters. The van der Waals surface area contributed by atoms with E-state index in [9.17, 15) is 48.3 Å². The van der Waals surface area contributed by atoms with Gasteiger partial charge in [-0.25, -0.2) is 0 Å². The van der Waals surface area contributed by atoms with E-state index in [1.54, 1.807) is 60.7 Å². The molecule has 0 heterocycles. The number of nitrogens with one attached hydrogen (secondary N) is 8. The summed E-state index contributed by atoms with van der Waals surface area (Å²) in [4.78, 5) is 129. The largest absolute Gasteiger partial charge is 0.394 e. The van der Waals surface area contributed by atoms with Crippen LogP contribution in [0.2, 0.25) is 0 Å². The minimum Gasteiger partial charge on any atom is -0.394 e. The quantitative estimate of drug-likeness (QED) is 0.0176. The SMILES string of the molecule is CC(C)C[C@H](NC(=O)[C@H](CCCCN)NC(=O)[C@H](CCCN=C(N)N)NC(=O)[C@H](Cc1ccccc1)NC(=O)[C@H](Cc1ccccc1)NC(=O)[C@@H](N)CCCCN)C(=O)N[C@@H](CCCCN)C(=O)N[C@@H](CCCCN)C(=O)N[C@@H](CO)C(N)=O. The molecule has 0 fully saturated rings. The van der Waals surface area contributed by atoms with Gasteiger partial charge in [-0.05, 0) is 133 Å². The maximum atomic E-state index is 14.7. The highest BCUT2D eigenvalue weighted by Gasteiger charge is 2.35. The summed E-state index contributed by atoms with van der Waals surface area (Å²) in [6, 6.07) is 6.54. The lowest BCUT2D eigenvalue weighted by atomic mass is 10.00. The molecule has 0 aliphatic carbocycles. The number of hydrogen-bond donors (Lipinski definition) is 17. The predicted molar refractivity (Wildman–Crippen MR) is 321 cm³/mol. The molecule has 27 heteroatoms. The Morgan fingerprint density at radius 2 is 0.726 bits per heavy atom. The fourth-order valence-corrected chi connectivity index (χ4v) is 8.91. The number of aliphatic imine (C=N–C) groups is 1. The summed E-state index contributed by atoms with van der Waals surface area (Å²) in [5.41, 5.74) is 47.1. The number of primary amides is 1. The molecule has 9 atom stereocenters. The number of aliphatic hydroxyl groups is 1. The van der Waals surface area contributed by atoms with E-state index in [0.29, 0.717) is 82.0 Å². The average molecular weight is 1180 g/mol. The zero-order valence-corrected chi connectivity index (χ0v) is 49.0. The van der Waals surface area contributed by atoms with Gasteiger partial charge in [0.2, 0.25) is 53.2 Å². The number of rotatable bonds is 44. The summed E-state index contributed by atoms with van der Waals surface area (Å²) in [6.07, 6.45) is 4.53. The molecule has 9 amide bonds. The second-order valence-corrected chi connectivity index (χ2v) is 21.3. The molecule has 0 aliphatic rings. The van der Waals surface area contributed by atoms with E-state index >= 15 is 0 Å². The topological polar surface area (TPSA) is 491 Å². The van der Waals surface area contributed by atoms with E-state index < -0.39 is 114 Å². The van der Waals surface area contributed by atoms with Crippen molar-refractivity contribution < 1.29 is 48.3 Å². The molecule has 0 aromatic heterocycles. The van der Waals surface area contributed by atoms with E-state index in [0.717, 1.165) is 0 Å². The summed E-state index contributed by atoms with van der Waals surface area (Å²) in [6.45, 7) is 4.16. The van der Waals surface area contributed by atoms with Gasteiger partial charge >= 0.3 is 0 Å². The number of nitrogens with two attached hydrogens (primary N) is 8. The molecule has 0 radical (unpaired) electrons. The maximum Gasteiger partial charge on any atom is 0.243 e. The zero-order valence-electron chi connectivity index (χ0n) is 49.0. The van der Waals surface area contributed by atoms with Crippen LogP contribution in [0.1, 0.15) is 121 Å². The number of aliphatic hydroxyl groups excluding tert-OH is 1. The molecule has 84 heavy (non-hydrogen) atoms. The number of nitrogens with zero attached hydrogens (tertiary/aromatic N) is 1. The van der Waals surface area contributed by atoms with Crippen LogP contribution < -0.4 is 88.4 Å². The summed E-state index contributed by atoms with van der Waals surface area (Å²) >= 11 is 0. The lowest BCUT2D eigenvalue weighted by molar-refractivity contribution is -0.136. The highest BCUT2D eigenvalue weighted by atomic mass is 16.3. The van der Waals surface area contributed by atoms with E-state index in [1.165, 1.54) is 0 Å². The van der Waals surface area contributed by atoms with Crippen LogP contribution in [-0.4, -0.2) is 158 Å². The van der Waals surface area contributed by atoms with Crippen molar-refractivity contribution in [1.29, 1.82) is 0 Å². The second-order valence-electron chi connectivity index (χ2n) is 21.3. The van der Waals surface area contributed by atoms with E-state index in [4.69, 9.17) is 45.9 Å². The highest BCUT2D eigenvalue weighted by Crippen LogP contribution is 2.14. The van der Waals surface area contributed by atoms with E-state index in [2.05, 4.69) is 47.5 Å². The Kier molecular flexibility index (Phi) is 36.1. The Hall–Kier alpha value is -7.30. The summed E-state index contributed by atoms with van der Waals surface area (Å²) in [7, 11) is 0. The molecule has 0 spiro atoms. The lowest BCUT2D eigenvalue weighted by Crippen LogP contribution is -2.61. The van der Waals surface area contributed by atoms with Crippen molar-refractivity contribution >= 4 is 59.1 Å². The number of unbranched alkanes of at least 4 members (excludes halogenated alkanes) is 4. The fourth-order valence-electron chi connectivity index (χ4n) is 8.91. The number of guanidine groups is 1. The van der Waals surface area contributed by atoms with Crippen LogP contribution >= 0.6 is 0 Å². The van der Waals surface area contributed by atoms with Crippen molar-refractivity contribution in [3.8, 4) is 0 Å². The van der Waals surface area contributed by atoms with Crippen LogP contribution in [0.3, 0.4) is 0 Å². The minimum absolute atomic E-state index is 0.0436. The number of hydrogen-bond acceptors (Lipinski definition) is 16. The Morgan fingerprint density at radius 1 is 0.417 bits per heavy atom. The van der Waals surface area contributed by atoms with Crippen LogP contribution in [0.5, 0.6) is 0 Å². The Balaban J connectivity index is 2.56. The maximum absolute atomic E-state index is 14.7. The van der Waals surface area contributed by atoms with Crippen molar-refractivity contribution in [3.05, 3.63) is 71.8 Å². The summed E-state index contributed by atoms with van der Waals surface area (Å²) in [5, 5.41) is 31.4. The zero-order chi connectivity index (χ0) is 62.4. The van der Waals surface area contributed by atoms with Gasteiger partial charge in [0.1, 0.15) is 48.3 Å². The first kappa shape index (κ1) is 72.8. The molecule has 470 valence electrons. The van der Waals surface area contributed by atoms with Gasteiger partial charge in [0.05, 0.1) is 12.6 Å². The third-order valence-corrected chi connectivity index (χ3v) is 13.6. The van der Waals surface area contributed by atoms with Crippen LogP contribution in [-0.2, 0) is 56.0 Å². The number of amides is 9. The Labute approximate surface area is 493 Å². The molecule has 0 saturated heterocycles. The molecular formula is C57H97N17O10. The first-order valence-corrected chi connectivity index (χ1v) is 29.2. The molecule has 2 rings (SSSR count). The average Bonchev–Trinajstić information content (AvgIpc) is 3.66. The highest BCUT2D eigenvalue weighted by molar-refractivity contribution is 5.98.